The molecule has 144 valence electrons. The van der Waals surface area contributed by atoms with E-state index in [-0.39, 0.29) is 0 Å². The first-order chi connectivity index (χ1) is 13.8. The van der Waals surface area contributed by atoms with Crippen molar-refractivity contribution in [3.8, 4) is 11.4 Å². The molecular formula is C22H25N5O. The molecule has 0 saturated carbocycles. The summed E-state index contributed by atoms with van der Waals surface area (Å²) in [7, 11) is 0. The Kier molecular flexibility index (Phi) is 5.89. The van der Waals surface area contributed by atoms with Gasteiger partial charge in [-0.3, -0.25) is 9.88 Å². The van der Waals surface area contributed by atoms with Crippen molar-refractivity contribution in [2.75, 3.05) is 38.2 Å². The van der Waals surface area contributed by atoms with Gasteiger partial charge in [-0.1, -0.05) is 12.1 Å². The van der Waals surface area contributed by atoms with Crippen LogP contribution in [-0.2, 0) is 11.2 Å². The smallest absolute Gasteiger partial charge is 0.161 e. The number of hydrogen-bond acceptors (Lipinski definition) is 6. The van der Waals surface area contributed by atoms with Crippen molar-refractivity contribution < 1.29 is 4.74 Å². The molecule has 0 unspecified atom stereocenters. The summed E-state index contributed by atoms with van der Waals surface area (Å²) in [6.45, 7) is 6.83. The summed E-state index contributed by atoms with van der Waals surface area (Å²) in [6, 6.07) is 14.4. The van der Waals surface area contributed by atoms with Gasteiger partial charge in [0.1, 0.15) is 5.82 Å². The molecule has 3 aromatic rings. The fourth-order valence-electron chi connectivity index (χ4n) is 3.28. The van der Waals surface area contributed by atoms with Crippen LogP contribution in [0.4, 0.5) is 11.5 Å². The lowest BCUT2D eigenvalue weighted by Crippen LogP contribution is -2.37. The molecule has 1 fully saturated rings. The Bertz CT molecular complexity index is 893. The van der Waals surface area contributed by atoms with E-state index in [0.717, 1.165) is 62.0 Å². The third-order valence-corrected chi connectivity index (χ3v) is 4.84. The summed E-state index contributed by atoms with van der Waals surface area (Å²) >= 11 is 0. The number of ether oxygens (including phenoxy) is 1. The Morgan fingerprint density at radius 2 is 1.75 bits per heavy atom. The van der Waals surface area contributed by atoms with E-state index in [0.29, 0.717) is 5.82 Å². The van der Waals surface area contributed by atoms with E-state index in [1.165, 1.54) is 5.56 Å². The fourth-order valence-corrected chi connectivity index (χ4v) is 3.28. The maximum absolute atomic E-state index is 5.41. The number of aryl methyl sites for hydroxylation is 1. The Balaban J connectivity index is 1.41. The lowest BCUT2D eigenvalue weighted by molar-refractivity contribution is 0.0384. The van der Waals surface area contributed by atoms with Crippen LogP contribution in [0.2, 0.25) is 0 Å². The van der Waals surface area contributed by atoms with E-state index in [9.17, 15) is 0 Å². The second kappa shape index (κ2) is 8.91. The van der Waals surface area contributed by atoms with Gasteiger partial charge >= 0.3 is 0 Å². The highest BCUT2D eigenvalue weighted by Crippen LogP contribution is 2.20. The van der Waals surface area contributed by atoms with Crippen LogP contribution < -0.4 is 5.32 Å². The second-order valence-electron chi connectivity index (χ2n) is 6.98. The van der Waals surface area contributed by atoms with Gasteiger partial charge in [-0.2, -0.15) is 0 Å². The zero-order chi connectivity index (χ0) is 19.2. The lowest BCUT2D eigenvalue weighted by Gasteiger charge is -2.26. The molecule has 3 heterocycles. The Morgan fingerprint density at radius 1 is 1.00 bits per heavy atom. The molecule has 4 rings (SSSR count). The van der Waals surface area contributed by atoms with Crippen molar-refractivity contribution in [1.82, 2.24) is 19.9 Å². The predicted octanol–water partition coefficient (Wildman–Crippen LogP) is 3.47. The normalized spacial score (nSPS) is 14.8. The number of anilines is 2. The number of nitrogens with one attached hydrogen (secondary N) is 1. The van der Waals surface area contributed by atoms with Crippen LogP contribution in [0.25, 0.3) is 11.4 Å². The number of pyridine rings is 1. The first kappa shape index (κ1) is 18.5. The number of hydrogen-bond donors (Lipinski definition) is 1. The Morgan fingerprint density at radius 3 is 2.50 bits per heavy atom. The zero-order valence-corrected chi connectivity index (χ0v) is 16.1. The second-order valence-corrected chi connectivity index (χ2v) is 6.98. The van der Waals surface area contributed by atoms with E-state index in [2.05, 4.69) is 49.4 Å². The molecule has 1 aliphatic heterocycles. The van der Waals surface area contributed by atoms with Crippen molar-refractivity contribution in [1.29, 1.82) is 0 Å². The van der Waals surface area contributed by atoms with Gasteiger partial charge in [0.05, 0.1) is 13.2 Å². The first-order valence-electron chi connectivity index (χ1n) is 9.68. The van der Waals surface area contributed by atoms with Crippen LogP contribution in [0, 0.1) is 6.92 Å². The van der Waals surface area contributed by atoms with Crippen LogP contribution in [0.1, 0.15) is 11.3 Å². The molecule has 6 heteroatoms. The summed E-state index contributed by atoms with van der Waals surface area (Å²) in [5, 5.41) is 3.39. The highest BCUT2D eigenvalue weighted by molar-refractivity contribution is 5.61. The quantitative estimate of drug-likeness (QED) is 0.712. The zero-order valence-electron chi connectivity index (χ0n) is 16.1. The molecule has 0 bridgehead atoms. The molecule has 28 heavy (non-hydrogen) atoms. The van der Waals surface area contributed by atoms with Crippen LogP contribution in [0.15, 0.2) is 54.9 Å². The van der Waals surface area contributed by atoms with Crippen LogP contribution in [0.3, 0.4) is 0 Å². The molecule has 1 aromatic carbocycles. The summed E-state index contributed by atoms with van der Waals surface area (Å²) in [4.78, 5) is 15.7. The molecule has 0 spiro atoms. The predicted molar refractivity (Wildman–Crippen MR) is 111 cm³/mol. The van der Waals surface area contributed by atoms with Gasteiger partial charge in [0.25, 0.3) is 0 Å². The van der Waals surface area contributed by atoms with Crippen molar-refractivity contribution in [3.63, 3.8) is 0 Å². The largest absolute Gasteiger partial charge is 0.379 e. The van der Waals surface area contributed by atoms with Gasteiger partial charge in [0.15, 0.2) is 5.82 Å². The van der Waals surface area contributed by atoms with Crippen molar-refractivity contribution in [2.24, 2.45) is 0 Å². The average molecular weight is 375 g/mol. The Labute approximate surface area is 165 Å². The van der Waals surface area contributed by atoms with Crippen LogP contribution in [0.5, 0.6) is 0 Å². The fraction of sp³-hybridized carbons (Fsp3) is 0.318. The minimum Gasteiger partial charge on any atom is -0.379 e. The summed E-state index contributed by atoms with van der Waals surface area (Å²) in [6.07, 6.45) is 4.56. The van der Waals surface area contributed by atoms with Crippen molar-refractivity contribution in [3.05, 3.63) is 66.1 Å². The van der Waals surface area contributed by atoms with E-state index in [1.54, 1.807) is 12.4 Å². The average Bonchev–Trinajstić information content (AvgIpc) is 2.74. The van der Waals surface area contributed by atoms with Gasteiger partial charge in [-0.05, 0) is 43.2 Å². The van der Waals surface area contributed by atoms with Gasteiger partial charge in [0.2, 0.25) is 0 Å². The summed E-state index contributed by atoms with van der Waals surface area (Å²) < 4.78 is 5.41. The maximum atomic E-state index is 5.41. The number of morpholine rings is 1. The number of benzene rings is 1. The topological polar surface area (TPSA) is 63.2 Å². The number of nitrogens with zero attached hydrogens (tertiary/aromatic N) is 4. The van der Waals surface area contributed by atoms with Gasteiger partial charge in [-0.25, -0.2) is 9.97 Å². The van der Waals surface area contributed by atoms with E-state index in [1.807, 2.05) is 25.1 Å². The third kappa shape index (κ3) is 4.91. The van der Waals surface area contributed by atoms with E-state index < -0.39 is 0 Å². The monoisotopic (exact) mass is 375 g/mol. The highest BCUT2D eigenvalue weighted by Gasteiger charge is 2.10. The third-order valence-electron chi connectivity index (χ3n) is 4.84. The SMILES string of the molecule is Cc1cc(Nc2ccc(CCN3CCOCC3)cc2)nc(-c2ccncc2)n1. The first-order valence-corrected chi connectivity index (χ1v) is 9.68. The molecule has 0 atom stereocenters. The van der Waals surface area contributed by atoms with Gasteiger partial charge in [-0.15, -0.1) is 0 Å². The minimum atomic E-state index is 0.701. The molecule has 1 N–H and O–H groups in total. The van der Waals surface area contributed by atoms with Crippen LogP contribution in [-0.4, -0.2) is 52.7 Å². The standard InChI is InChI=1S/C22H25N5O/c1-17-16-21(26-22(24-17)19-6-9-23-10-7-19)25-20-4-2-18(3-5-20)8-11-27-12-14-28-15-13-27/h2-7,9-10,16H,8,11-15H2,1H3,(H,24,25,26). The number of aromatic nitrogens is 3. The molecule has 1 aliphatic rings. The van der Waals surface area contributed by atoms with Crippen molar-refractivity contribution in [2.45, 2.75) is 13.3 Å². The van der Waals surface area contributed by atoms with E-state index in [4.69, 9.17) is 4.74 Å². The van der Waals surface area contributed by atoms with Crippen molar-refractivity contribution >= 4 is 11.5 Å². The van der Waals surface area contributed by atoms with E-state index >= 15 is 0 Å². The molecule has 2 aromatic heterocycles. The van der Waals surface area contributed by atoms with Crippen LogP contribution >= 0.6 is 0 Å². The molecular weight excluding hydrogens is 350 g/mol. The molecule has 6 nitrogen and oxygen atoms in total. The Hall–Kier alpha value is -2.83. The molecule has 0 radical (unpaired) electrons. The maximum Gasteiger partial charge on any atom is 0.161 e. The van der Waals surface area contributed by atoms with Gasteiger partial charge < -0.3 is 10.1 Å². The minimum absolute atomic E-state index is 0.701. The van der Waals surface area contributed by atoms with Gasteiger partial charge in [0, 0.05) is 55.0 Å². The molecule has 0 amide bonds. The lowest BCUT2D eigenvalue weighted by atomic mass is 10.1. The molecule has 1 saturated heterocycles. The summed E-state index contributed by atoms with van der Waals surface area (Å²) in [5.74, 6) is 1.49. The number of rotatable bonds is 6. The molecule has 0 aliphatic carbocycles. The summed E-state index contributed by atoms with van der Waals surface area (Å²) in [5.41, 5.74) is 4.24. The highest BCUT2D eigenvalue weighted by atomic mass is 16.5.